The van der Waals surface area contributed by atoms with Crippen LogP contribution in [0.25, 0.3) is 0 Å². The Hall–Kier alpha value is -0.170. The molecule has 0 aliphatic carbocycles. The van der Waals surface area contributed by atoms with E-state index in [1.54, 1.807) is 13.8 Å². The average molecular weight is 267 g/mol. The summed E-state index contributed by atoms with van der Waals surface area (Å²) in [6.07, 6.45) is -1.98. The highest BCUT2D eigenvalue weighted by molar-refractivity contribution is 7.92. The zero-order valence-corrected chi connectivity index (χ0v) is 11.8. The van der Waals surface area contributed by atoms with Crippen molar-refractivity contribution in [3.05, 3.63) is 0 Å². The molecule has 3 atom stereocenters. The van der Waals surface area contributed by atoms with E-state index in [0.717, 1.165) is 0 Å². The fraction of sp³-hybridized carbons (Fsp3) is 1.00. The Bertz CT molecular complexity index is 313. The van der Waals surface area contributed by atoms with Gasteiger partial charge in [0.25, 0.3) is 0 Å². The third kappa shape index (κ3) is 5.81. The van der Waals surface area contributed by atoms with E-state index in [0.29, 0.717) is 6.42 Å². The molecular weight excluding hydrogens is 242 g/mol. The summed E-state index contributed by atoms with van der Waals surface area (Å²) in [5.74, 6) is -0.161. The van der Waals surface area contributed by atoms with E-state index in [2.05, 4.69) is 0 Å². The third-order valence-corrected chi connectivity index (χ3v) is 4.94. The highest BCUT2D eigenvalue weighted by atomic mass is 32.2. The molecule has 0 rings (SSSR count). The van der Waals surface area contributed by atoms with Crippen LogP contribution in [-0.2, 0) is 9.84 Å². The second-order valence-corrected chi connectivity index (χ2v) is 7.83. The molecule has 0 fully saturated rings. The Labute approximate surface area is 104 Å². The molecule has 4 N–H and O–H groups in total. The predicted molar refractivity (Wildman–Crippen MR) is 68.4 cm³/mol. The summed E-state index contributed by atoms with van der Waals surface area (Å²) in [6, 6.07) is -0.604. The van der Waals surface area contributed by atoms with Crippen molar-refractivity contribution in [2.24, 2.45) is 11.7 Å². The molecule has 0 unspecified atom stereocenters. The maximum atomic E-state index is 11.6. The lowest BCUT2D eigenvalue weighted by molar-refractivity contribution is 0.0129. The summed E-state index contributed by atoms with van der Waals surface area (Å²) < 4.78 is 23.2. The van der Waals surface area contributed by atoms with E-state index < -0.39 is 39.1 Å². The molecule has 0 saturated heterocycles. The van der Waals surface area contributed by atoms with E-state index in [1.165, 1.54) is 0 Å². The summed E-state index contributed by atoms with van der Waals surface area (Å²) in [5, 5.41) is 18.9. The van der Waals surface area contributed by atoms with Gasteiger partial charge in [-0.05, 0) is 26.2 Å². The first-order chi connectivity index (χ1) is 7.58. The van der Waals surface area contributed by atoms with E-state index in [4.69, 9.17) is 5.73 Å². The Morgan fingerprint density at radius 2 is 1.59 bits per heavy atom. The van der Waals surface area contributed by atoms with Crippen molar-refractivity contribution < 1.29 is 18.6 Å². The number of rotatable bonds is 7. The zero-order chi connectivity index (χ0) is 13.8. The van der Waals surface area contributed by atoms with Crippen LogP contribution in [0.2, 0.25) is 0 Å². The van der Waals surface area contributed by atoms with Crippen LogP contribution >= 0.6 is 0 Å². The van der Waals surface area contributed by atoms with Gasteiger partial charge < -0.3 is 15.9 Å². The van der Waals surface area contributed by atoms with Crippen LogP contribution in [-0.4, -0.2) is 47.9 Å². The molecule has 0 aliphatic heterocycles. The first-order valence-corrected chi connectivity index (χ1v) is 7.62. The van der Waals surface area contributed by atoms with Gasteiger partial charge in [-0.1, -0.05) is 13.8 Å². The SMILES string of the molecule is CC(C)C[C@H](N)[C@@H](O)[C@@H](O)CS(=O)(=O)C(C)C. The highest BCUT2D eigenvalue weighted by Gasteiger charge is 2.29. The molecular formula is C11H25NO4S. The molecule has 0 aromatic carbocycles. The van der Waals surface area contributed by atoms with E-state index in [9.17, 15) is 18.6 Å². The van der Waals surface area contributed by atoms with Gasteiger partial charge in [-0.3, -0.25) is 0 Å². The van der Waals surface area contributed by atoms with Crippen LogP contribution in [0, 0.1) is 5.92 Å². The number of hydrogen-bond acceptors (Lipinski definition) is 5. The fourth-order valence-corrected chi connectivity index (χ4v) is 2.56. The predicted octanol–water partition coefficient (Wildman–Crippen LogP) is -0.0952. The smallest absolute Gasteiger partial charge is 0.155 e. The normalized spacial score (nSPS) is 18.4. The summed E-state index contributed by atoms with van der Waals surface area (Å²) in [5.41, 5.74) is 5.71. The Morgan fingerprint density at radius 1 is 1.12 bits per heavy atom. The van der Waals surface area contributed by atoms with Crippen LogP contribution in [0.15, 0.2) is 0 Å². The first kappa shape index (κ1) is 16.8. The highest BCUT2D eigenvalue weighted by Crippen LogP contribution is 2.12. The molecule has 0 amide bonds. The van der Waals surface area contributed by atoms with Gasteiger partial charge in [0.1, 0.15) is 0 Å². The van der Waals surface area contributed by atoms with Gasteiger partial charge in [-0.15, -0.1) is 0 Å². The number of sulfone groups is 1. The maximum absolute atomic E-state index is 11.6. The molecule has 0 radical (unpaired) electrons. The van der Waals surface area contributed by atoms with E-state index >= 15 is 0 Å². The number of nitrogens with two attached hydrogens (primary N) is 1. The van der Waals surface area contributed by atoms with Crippen molar-refractivity contribution in [3.63, 3.8) is 0 Å². The van der Waals surface area contributed by atoms with Gasteiger partial charge in [-0.25, -0.2) is 8.42 Å². The van der Waals surface area contributed by atoms with Gasteiger partial charge in [0.2, 0.25) is 0 Å². The van der Waals surface area contributed by atoms with E-state index in [-0.39, 0.29) is 5.92 Å². The molecule has 5 nitrogen and oxygen atoms in total. The quantitative estimate of drug-likeness (QED) is 0.598. The van der Waals surface area contributed by atoms with Gasteiger partial charge in [0.05, 0.1) is 23.2 Å². The zero-order valence-electron chi connectivity index (χ0n) is 11.0. The molecule has 104 valence electrons. The fourth-order valence-electron chi connectivity index (χ4n) is 1.50. The first-order valence-electron chi connectivity index (χ1n) is 5.91. The maximum Gasteiger partial charge on any atom is 0.155 e. The van der Waals surface area contributed by atoms with Crippen LogP contribution in [0.3, 0.4) is 0 Å². The monoisotopic (exact) mass is 267 g/mol. The van der Waals surface area contributed by atoms with Crippen LogP contribution in [0.4, 0.5) is 0 Å². The molecule has 0 saturated carbocycles. The van der Waals surface area contributed by atoms with Gasteiger partial charge in [0.15, 0.2) is 9.84 Å². The van der Waals surface area contributed by atoms with Crippen molar-refractivity contribution >= 4 is 9.84 Å². The van der Waals surface area contributed by atoms with Crippen molar-refractivity contribution in [2.45, 2.75) is 57.6 Å². The minimum atomic E-state index is -3.37. The lowest BCUT2D eigenvalue weighted by Gasteiger charge is -2.25. The van der Waals surface area contributed by atoms with Crippen LogP contribution < -0.4 is 5.73 Å². The molecule has 0 aromatic heterocycles. The molecule has 0 aliphatic rings. The third-order valence-electron chi connectivity index (χ3n) is 2.70. The largest absolute Gasteiger partial charge is 0.389 e. The molecule has 17 heavy (non-hydrogen) atoms. The van der Waals surface area contributed by atoms with Crippen molar-refractivity contribution in [3.8, 4) is 0 Å². The summed E-state index contributed by atoms with van der Waals surface area (Å²) in [7, 11) is -3.37. The summed E-state index contributed by atoms with van der Waals surface area (Å²) >= 11 is 0. The Balaban J connectivity index is 4.46. The van der Waals surface area contributed by atoms with Gasteiger partial charge >= 0.3 is 0 Å². The topological polar surface area (TPSA) is 101 Å². The summed E-state index contributed by atoms with van der Waals surface area (Å²) in [6.45, 7) is 6.98. The lowest BCUT2D eigenvalue weighted by Crippen LogP contribution is -2.47. The lowest BCUT2D eigenvalue weighted by atomic mass is 9.97. The molecule has 0 heterocycles. The molecule has 6 heteroatoms. The van der Waals surface area contributed by atoms with Crippen molar-refractivity contribution in [2.75, 3.05) is 5.75 Å². The Kier molecular flexibility index (Phi) is 6.61. The average Bonchev–Trinajstić information content (AvgIpc) is 2.14. The van der Waals surface area contributed by atoms with Crippen molar-refractivity contribution in [1.29, 1.82) is 0 Å². The molecule has 0 aromatic rings. The second-order valence-electron chi connectivity index (χ2n) is 5.23. The van der Waals surface area contributed by atoms with Crippen LogP contribution in [0.1, 0.15) is 34.1 Å². The minimum absolute atomic E-state index is 0.286. The number of aliphatic hydroxyl groups is 2. The minimum Gasteiger partial charge on any atom is -0.389 e. The second kappa shape index (κ2) is 6.68. The van der Waals surface area contributed by atoms with Crippen molar-refractivity contribution in [1.82, 2.24) is 0 Å². The van der Waals surface area contributed by atoms with Gasteiger partial charge in [-0.2, -0.15) is 0 Å². The van der Waals surface area contributed by atoms with Crippen LogP contribution in [0.5, 0.6) is 0 Å². The molecule has 0 bridgehead atoms. The number of hydrogen-bond donors (Lipinski definition) is 3. The number of aliphatic hydroxyl groups excluding tert-OH is 2. The molecule has 0 spiro atoms. The standard InChI is InChI=1S/C11H25NO4S/c1-7(2)5-9(12)11(14)10(13)6-17(15,16)8(3)4/h7-11,13-14H,5-6,12H2,1-4H3/t9-,10-,11+/m0/s1. The van der Waals surface area contributed by atoms with E-state index in [1.807, 2.05) is 13.8 Å². The Morgan fingerprint density at radius 3 is 1.94 bits per heavy atom. The van der Waals surface area contributed by atoms with Gasteiger partial charge in [0, 0.05) is 6.04 Å². The summed E-state index contributed by atoms with van der Waals surface area (Å²) in [4.78, 5) is 0.